The molecule has 2 aromatic carbocycles. The molecule has 0 fully saturated rings. The largest absolute Gasteiger partial charge is 0.463 e. The van der Waals surface area contributed by atoms with E-state index in [9.17, 15) is 9.59 Å². The molecule has 1 aliphatic heterocycles. The highest BCUT2D eigenvalue weighted by atomic mass is 35.5. The summed E-state index contributed by atoms with van der Waals surface area (Å²) in [4.78, 5) is 31.4. The molecule has 2 heterocycles. The van der Waals surface area contributed by atoms with Crippen LogP contribution in [0.15, 0.2) is 69.6 Å². The van der Waals surface area contributed by atoms with Gasteiger partial charge in [-0.3, -0.25) is 9.36 Å². The minimum absolute atomic E-state index is 0.219. The second-order valence-electron chi connectivity index (χ2n) is 7.23. The number of aromatic nitrogens is 1. The minimum atomic E-state index is -0.704. The topological polar surface area (TPSA) is 60.7 Å². The zero-order valence-corrected chi connectivity index (χ0v) is 19.0. The number of hydrogen-bond acceptors (Lipinski definition) is 5. The Morgan fingerprint density at radius 2 is 1.90 bits per heavy atom. The lowest BCUT2D eigenvalue weighted by atomic mass is 9.96. The highest BCUT2D eigenvalue weighted by Gasteiger charge is 2.34. The number of halogens is 1. The lowest BCUT2D eigenvalue weighted by Gasteiger charge is -2.25. The summed E-state index contributed by atoms with van der Waals surface area (Å²) in [5.41, 5.74) is 3.35. The van der Waals surface area contributed by atoms with Gasteiger partial charge in [-0.15, -0.1) is 0 Å². The van der Waals surface area contributed by atoms with Gasteiger partial charge in [-0.1, -0.05) is 71.0 Å². The van der Waals surface area contributed by atoms with Crippen molar-refractivity contribution >= 4 is 35.0 Å². The van der Waals surface area contributed by atoms with E-state index in [1.165, 1.54) is 11.3 Å². The molecule has 0 saturated heterocycles. The van der Waals surface area contributed by atoms with E-state index in [4.69, 9.17) is 16.3 Å². The standard InChI is InChI=1S/C24H21ClN2O3S/c1-4-30-23(29)20-15(3)26-24-27(21(20)17-7-5-6-8-18(17)25)22(28)19(31-24)13-16-11-9-14(2)10-12-16/h5-13,21H,4H2,1-3H3/b19-13+/t21-/m1/s1. The molecule has 0 saturated carbocycles. The van der Waals surface area contributed by atoms with Crippen LogP contribution in [0.3, 0.4) is 0 Å². The monoisotopic (exact) mass is 452 g/mol. The highest BCUT2D eigenvalue weighted by Crippen LogP contribution is 2.34. The third-order valence-corrected chi connectivity index (χ3v) is 6.42. The van der Waals surface area contributed by atoms with E-state index in [0.29, 0.717) is 31.2 Å². The number of fused-ring (bicyclic) bond motifs is 1. The maximum Gasteiger partial charge on any atom is 0.338 e. The number of thiazole rings is 1. The van der Waals surface area contributed by atoms with Crippen molar-refractivity contribution in [3.05, 3.63) is 101 Å². The molecule has 1 atom stereocenters. The Hall–Kier alpha value is -2.96. The van der Waals surface area contributed by atoms with Crippen LogP contribution in [0, 0.1) is 6.92 Å². The van der Waals surface area contributed by atoms with E-state index in [1.807, 2.05) is 55.5 Å². The fourth-order valence-electron chi connectivity index (χ4n) is 3.60. The van der Waals surface area contributed by atoms with Crippen molar-refractivity contribution in [2.75, 3.05) is 6.61 Å². The number of esters is 1. The van der Waals surface area contributed by atoms with Crippen LogP contribution in [0.25, 0.3) is 6.08 Å². The van der Waals surface area contributed by atoms with Crippen LogP contribution in [-0.4, -0.2) is 17.1 Å². The van der Waals surface area contributed by atoms with E-state index in [0.717, 1.165) is 11.1 Å². The normalized spacial score (nSPS) is 16.1. The van der Waals surface area contributed by atoms with Gasteiger partial charge in [0, 0.05) is 5.02 Å². The van der Waals surface area contributed by atoms with E-state index >= 15 is 0 Å². The van der Waals surface area contributed by atoms with E-state index in [1.54, 1.807) is 24.5 Å². The fourth-order valence-corrected chi connectivity index (χ4v) is 4.88. The SMILES string of the molecule is CCOC(=O)C1=C(C)N=c2s/c(=C/c3ccc(C)cc3)c(=O)n2[C@@H]1c1ccccc1Cl. The summed E-state index contributed by atoms with van der Waals surface area (Å²) in [6.45, 7) is 5.74. The maximum absolute atomic E-state index is 13.5. The molecule has 5 nitrogen and oxygen atoms in total. The van der Waals surface area contributed by atoms with Crippen molar-refractivity contribution in [3.63, 3.8) is 0 Å². The average Bonchev–Trinajstić information content (AvgIpc) is 3.04. The predicted octanol–water partition coefficient (Wildman–Crippen LogP) is 3.76. The van der Waals surface area contributed by atoms with Crippen LogP contribution >= 0.6 is 22.9 Å². The van der Waals surface area contributed by atoms with Crippen LogP contribution in [0.1, 0.15) is 36.6 Å². The number of carbonyl (C=O) groups is 1. The summed E-state index contributed by atoms with van der Waals surface area (Å²) in [6, 6.07) is 14.4. The number of rotatable bonds is 4. The summed E-state index contributed by atoms with van der Waals surface area (Å²) >= 11 is 7.79. The summed E-state index contributed by atoms with van der Waals surface area (Å²) in [6.07, 6.45) is 1.84. The number of aryl methyl sites for hydroxylation is 1. The number of ether oxygens (including phenoxy) is 1. The number of allylic oxidation sites excluding steroid dienone is 1. The van der Waals surface area contributed by atoms with Gasteiger partial charge in [0.25, 0.3) is 5.56 Å². The van der Waals surface area contributed by atoms with Crippen LogP contribution in [0.4, 0.5) is 0 Å². The van der Waals surface area contributed by atoms with Gasteiger partial charge in [0.1, 0.15) is 6.04 Å². The van der Waals surface area contributed by atoms with Crippen molar-refractivity contribution in [2.24, 2.45) is 4.99 Å². The average molecular weight is 453 g/mol. The molecule has 0 radical (unpaired) electrons. The Morgan fingerprint density at radius 3 is 2.58 bits per heavy atom. The second kappa shape index (κ2) is 8.65. The third kappa shape index (κ3) is 4.01. The van der Waals surface area contributed by atoms with E-state index in [2.05, 4.69) is 4.99 Å². The maximum atomic E-state index is 13.5. The first-order valence-electron chi connectivity index (χ1n) is 9.91. The van der Waals surface area contributed by atoms with E-state index in [-0.39, 0.29) is 12.2 Å². The molecule has 0 N–H and O–H groups in total. The first-order valence-corrected chi connectivity index (χ1v) is 11.1. The summed E-state index contributed by atoms with van der Waals surface area (Å²) in [5.74, 6) is -0.499. The van der Waals surface area contributed by atoms with Gasteiger partial charge in [0.05, 0.1) is 22.4 Å². The van der Waals surface area contributed by atoms with Crippen LogP contribution in [0.5, 0.6) is 0 Å². The summed E-state index contributed by atoms with van der Waals surface area (Å²) < 4.78 is 7.38. The van der Waals surface area contributed by atoms with Gasteiger partial charge in [-0.05, 0) is 44.0 Å². The van der Waals surface area contributed by atoms with Crippen molar-refractivity contribution in [2.45, 2.75) is 26.8 Å². The van der Waals surface area contributed by atoms with Gasteiger partial charge < -0.3 is 4.74 Å². The Labute approximate surface area is 188 Å². The van der Waals surface area contributed by atoms with Gasteiger partial charge in [0.15, 0.2) is 4.80 Å². The smallest absolute Gasteiger partial charge is 0.338 e. The Bertz CT molecular complexity index is 1370. The van der Waals surface area contributed by atoms with Gasteiger partial charge in [0.2, 0.25) is 0 Å². The molecule has 0 bridgehead atoms. The molecule has 0 spiro atoms. The third-order valence-electron chi connectivity index (χ3n) is 5.09. The predicted molar refractivity (Wildman–Crippen MR) is 123 cm³/mol. The number of benzene rings is 2. The molecule has 0 amide bonds. The molecule has 1 aliphatic rings. The zero-order chi connectivity index (χ0) is 22.1. The molecular formula is C24H21ClN2O3S. The first-order chi connectivity index (χ1) is 14.9. The quantitative estimate of drug-likeness (QED) is 0.566. The molecular weight excluding hydrogens is 432 g/mol. The minimum Gasteiger partial charge on any atom is -0.463 e. The fraction of sp³-hybridized carbons (Fsp3) is 0.208. The summed E-state index contributed by atoms with van der Waals surface area (Å²) in [7, 11) is 0. The first kappa shape index (κ1) is 21.3. The van der Waals surface area contributed by atoms with E-state index < -0.39 is 12.0 Å². The Balaban J connectivity index is 1.97. The molecule has 0 aliphatic carbocycles. The molecule has 31 heavy (non-hydrogen) atoms. The number of nitrogens with zero attached hydrogens (tertiary/aromatic N) is 2. The molecule has 7 heteroatoms. The molecule has 0 unspecified atom stereocenters. The van der Waals surface area contributed by atoms with Crippen molar-refractivity contribution in [1.29, 1.82) is 0 Å². The molecule has 158 valence electrons. The van der Waals surface area contributed by atoms with Crippen molar-refractivity contribution < 1.29 is 9.53 Å². The van der Waals surface area contributed by atoms with Gasteiger partial charge in [-0.2, -0.15) is 0 Å². The van der Waals surface area contributed by atoms with Gasteiger partial charge >= 0.3 is 5.97 Å². The lowest BCUT2D eigenvalue weighted by Crippen LogP contribution is -2.40. The van der Waals surface area contributed by atoms with Crippen molar-refractivity contribution in [3.8, 4) is 0 Å². The van der Waals surface area contributed by atoms with Crippen molar-refractivity contribution in [1.82, 2.24) is 4.57 Å². The Kier molecular flexibility index (Phi) is 5.94. The number of hydrogen-bond donors (Lipinski definition) is 0. The van der Waals surface area contributed by atoms with Crippen LogP contribution < -0.4 is 14.9 Å². The molecule has 1 aromatic heterocycles. The Morgan fingerprint density at radius 1 is 1.19 bits per heavy atom. The van der Waals surface area contributed by atoms with Gasteiger partial charge in [-0.25, -0.2) is 9.79 Å². The zero-order valence-electron chi connectivity index (χ0n) is 17.4. The summed E-state index contributed by atoms with van der Waals surface area (Å²) in [5, 5.41) is 0.470. The number of carbonyl (C=O) groups excluding carboxylic acids is 1. The lowest BCUT2D eigenvalue weighted by molar-refractivity contribution is -0.139. The molecule has 4 rings (SSSR count). The molecule has 3 aromatic rings. The second-order valence-corrected chi connectivity index (χ2v) is 8.65. The van der Waals surface area contributed by atoms with Crippen LogP contribution in [0.2, 0.25) is 5.02 Å². The highest BCUT2D eigenvalue weighted by molar-refractivity contribution is 7.07. The van der Waals surface area contributed by atoms with Crippen LogP contribution in [-0.2, 0) is 9.53 Å².